The number of hydrogen-bond acceptors (Lipinski definition) is 1. The van der Waals surface area contributed by atoms with Crippen molar-refractivity contribution in [3.63, 3.8) is 0 Å². The Kier molecular flexibility index (Phi) is 4.25. The first-order valence-corrected chi connectivity index (χ1v) is 6.78. The second kappa shape index (κ2) is 5.69. The molecule has 2 N–H and O–H groups in total. The van der Waals surface area contributed by atoms with Crippen LogP contribution in [0.2, 0.25) is 0 Å². The number of allylic oxidation sites excluding steroid dienone is 2. The van der Waals surface area contributed by atoms with E-state index in [-0.39, 0.29) is 0 Å². The predicted molar refractivity (Wildman–Crippen MR) is 65.7 cm³/mol. The van der Waals surface area contributed by atoms with Gasteiger partial charge in [0.25, 0.3) is 0 Å². The molecular weight excluding hydrogens is 182 g/mol. The average Bonchev–Trinajstić information content (AvgIpc) is 2.30. The highest BCUT2D eigenvalue weighted by atomic mass is 14.6. The molecule has 0 aromatic heterocycles. The molecule has 2 aliphatic carbocycles. The molecule has 0 amide bonds. The zero-order valence-electron chi connectivity index (χ0n) is 9.88. The van der Waals surface area contributed by atoms with Gasteiger partial charge < -0.3 is 5.73 Å². The summed E-state index contributed by atoms with van der Waals surface area (Å²) in [5.74, 6) is 0.979. The van der Waals surface area contributed by atoms with Crippen LogP contribution >= 0.6 is 0 Å². The lowest BCUT2D eigenvalue weighted by molar-refractivity contribution is 0.309. The van der Waals surface area contributed by atoms with E-state index in [1.807, 2.05) is 0 Å². The lowest BCUT2D eigenvalue weighted by atomic mass is 9.82. The van der Waals surface area contributed by atoms with E-state index in [1.165, 1.54) is 64.2 Å². The van der Waals surface area contributed by atoms with Crippen LogP contribution in [-0.4, -0.2) is 6.04 Å². The van der Waals surface area contributed by atoms with Gasteiger partial charge in [-0.1, -0.05) is 11.6 Å². The van der Waals surface area contributed by atoms with Gasteiger partial charge in [-0.3, -0.25) is 0 Å². The zero-order chi connectivity index (χ0) is 10.5. The van der Waals surface area contributed by atoms with Crippen molar-refractivity contribution in [1.29, 1.82) is 0 Å². The minimum Gasteiger partial charge on any atom is -0.328 e. The molecule has 0 saturated heterocycles. The first kappa shape index (κ1) is 11.2. The Morgan fingerprint density at radius 3 is 2.60 bits per heavy atom. The summed E-state index contributed by atoms with van der Waals surface area (Å²) in [6, 6.07) is 0.509. The molecule has 0 heterocycles. The predicted octanol–water partition coefficient (Wildman–Crippen LogP) is 3.78. The first-order valence-electron chi connectivity index (χ1n) is 6.78. The summed E-state index contributed by atoms with van der Waals surface area (Å²) < 4.78 is 0. The molecule has 0 spiro atoms. The van der Waals surface area contributed by atoms with Crippen molar-refractivity contribution in [3.8, 4) is 0 Å². The topological polar surface area (TPSA) is 26.0 Å². The summed E-state index contributed by atoms with van der Waals surface area (Å²) in [4.78, 5) is 0. The molecule has 2 aliphatic rings. The minimum atomic E-state index is 0.509. The minimum absolute atomic E-state index is 0.509. The number of rotatable bonds is 3. The van der Waals surface area contributed by atoms with Gasteiger partial charge in [0.2, 0.25) is 0 Å². The van der Waals surface area contributed by atoms with Crippen LogP contribution in [0.1, 0.15) is 64.2 Å². The molecule has 0 atom stereocenters. The van der Waals surface area contributed by atoms with Crippen molar-refractivity contribution in [2.45, 2.75) is 70.3 Å². The van der Waals surface area contributed by atoms with Crippen LogP contribution in [0.4, 0.5) is 0 Å². The Labute approximate surface area is 94.1 Å². The molecule has 0 radical (unpaired) electrons. The lowest BCUT2D eigenvalue weighted by Crippen LogP contribution is -2.26. The van der Waals surface area contributed by atoms with Crippen molar-refractivity contribution < 1.29 is 0 Å². The Morgan fingerprint density at radius 1 is 1.13 bits per heavy atom. The molecule has 0 aromatic carbocycles. The second-order valence-corrected chi connectivity index (χ2v) is 5.43. The second-order valence-electron chi connectivity index (χ2n) is 5.43. The van der Waals surface area contributed by atoms with Crippen molar-refractivity contribution >= 4 is 0 Å². The third-order valence-corrected chi connectivity index (χ3v) is 4.15. The van der Waals surface area contributed by atoms with Gasteiger partial charge in [0, 0.05) is 6.04 Å². The monoisotopic (exact) mass is 207 g/mol. The Hall–Kier alpha value is -0.300. The standard InChI is InChI=1S/C14H25N/c15-14-10-8-13(9-11-14)7-6-12-4-2-1-3-5-12/h4,13-14H,1-3,5-11,15H2. The Bertz CT molecular complexity index is 211. The first-order chi connectivity index (χ1) is 7.34. The summed E-state index contributed by atoms with van der Waals surface area (Å²) in [6.45, 7) is 0. The highest BCUT2D eigenvalue weighted by Gasteiger charge is 2.18. The fourth-order valence-electron chi connectivity index (χ4n) is 3.00. The molecule has 1 saturated carbocycles. The molecule has 2 rings (SSSR count). The summed E-state index contributed by atoms with van der Waals surface area (Å²) >= 11 is 0. The van der Waals surface area contributed by atoms with Gasteiger partial charge in [-0.25, -0.2) is 0 Å². The lowest BCUT2D eigenvalue weighted by Gasteiger charge is -2.26. The van der Waals surface area contributed by atoms with Crippen LogP contribution in [0, 0.1) is 5.92 Å². The molecule has 0 aliphatic heterocycles. The van der Waals surface area contributed by atoms with Gasteiger partial charge in [-0.2, -0.15) is 0 Å². The van der Waals surface area contributed by atoms with Gasteiger partial charge in [0.05, 0.1) is 0 Å². The molecule has 1 heteroatoms. The quantitative estimate of drug-likeness (QED) is 0.700. The fourth-order valence-corrected chi connectivity index (χ4v) is 3.00. The van der Waals surface area contributed by atoms with Crippen LogP contribution < -0.4 is 5.73 Å². The third kappa shape index (κ3) is 3.64. The van der Waals surface area contributed by atoms with Crippen LogP contribution in [0.25, 0.3) is 0 Å². The summed E-state index contributed by atoms with van der Waals surface area (Å²) in [7, 11) is 0. The Morgan fingerprint density at radius 2 is 1.93 bits per heavy atom. The van der Waals surface area contributed by atoms with E-state index in [0.29, 0.717) is 6.04 Å². The van der Waals surface area contributed by atoms with E-state index in [2.05, 4.69) is 6.08 Å². The number of hydrogen-bond donors (Lipinski definition) is 1. The van der Waals surface area contributed by atoms with Gasteiger partial charge in [0.15, 0.2) is 0 Å². The van der Waals surface area contributed by atoms with E-state index in [9.17, 15) is 0 Å². The van der Waals surface area contributed by atoms with Crippen LogP contribution in [-0.2, 0) is 0 Å². The maximum atomic E-state index is 5.92. The zero-order valence-corrected chi connectivity index (χ0v) is 9.88. The molecule has 1 nitrogen and oxygen atoms in total. The summed E-state index contributed by atoms with van der Waals surface area (Å²) in [5, 5.41) is 0. The highest BCUT2D eigenvalue weighted by molar-refractivity contribution is 5.05. The average molecular weight is 207 g/mol. The maximum Gasteiger partial charge on any atom is 0.00390 e. The Balaban J connectivity index is 1.67. The molecule has 0 bridgehead atoms. The van der Waals surface area contributed by atoms with E-state index < -0.39 is 0 Å². The SMILES string of the molecule is NC1CCC(CCC2=CCCCC2)CC1. The maximum absolute atomic E-state index is 5.92. The van der Waals surface area contributed by atoms with Crippen molar-refractivity contribution in [3.05, 3.63) is 11.6 Å². The molecule has 0 aromatic rings. The van der Waals surface area contributed by atoms with E-state index in [1.54, 1.807) is 5.57 Å². The van der Waals surface area contributed by atoms with Gasteiger partial charge in [0.1, 0.15) is 0 Å². The molecular formula is C14H25N. The largest absolute Gasteiger partial charge is 0.328 e. The molecule has 1 fully saturated rings. The number of nitrogens with two attached hydrogens (primary N) is 1. The fraction of sp³-hybridized carbons (Fsp3) is 0.857. The van der Waals surface area contributed by atoms with Gasteiger partial charge in [-0.05, 0) is 70.1 Å². The summed E-state index contributed by atoms with van der Waals surface area (Å²) in [6.07, 6.45) is 16.2. The highest BCUT2D eigenvalue weighted by Crippen LogP contribution is 2.30. The van der Waals surface area contributed by atoms with Crippen LogP contribution in [0.3, 0.4) is 0 Å². The molecule has 0 unspecified atom stereocenters. The van der Waals surface area contributed by atoms with E-state index in [0.717, 1.165) is 5.92 Å². The van der Waals surface area contributed by atoms with Crippen molar-refractivity contribution in [1.82, 2.24) is 0 Å². The molecule has 86 valence electrons. The van der Waals surface area contributed by atoms with Gasteiger partial charge in [-0.15, -0.1) is 0 Å². The van der Waals surface area contributed by atoms with E-state index in [4.69, 9.17) is 5.73 Å². The van der Waals surface area contributed by atoms with Crippen LogP contribution in [0.5, 0.6) is 0 Å². The smallest absolute Gasteiger partial charge is 0.00390 e. The normalized spacial score (nSPS) is 32.5. The van der Waals surface area contributed by atoms with Crippen molar-refractivity contribution in [2.75, 3.05) is 0 Å². The van der Waals surface area contributed by atoms with E-state index >= 15 is 0 Å². The van der Waals surface area contributed by atoms with Crippen molar-refractivity contribution in [2.24, 2.45) is 11.7 Å². The van der Waals surface area contributed by atoms with Gasteiger partial charge >= 0.3 is 0 Å². The third-order valence-electron chi connectivity index (χ3n) is 4.15. The summed E-state index contributed by atoms with van der Waals surface area (Å²) in [5.41, 5.74) is 7.67. The van der Waals surface area contributed by atoms with Crippen LogP contribution in [0.15, 0.2) is 11.6 Å². The molecule has 15 heavy (non-hydrogen) atoms.